The minimum atomic E-state index is -0.823. The van der Waals surface area contributed by atoms with E-state index in [0.717, 1.165) is 11.8 Å². The van der Waals surface area contributed by atoms with Gasteiger partial charge in [0.15, 0.2) is 5.78 Å². The van der Waals surface area contributed by atoms with Crippen LogP contribution in [-0.2, 0) is 30.2 Å². The summed E-state index contributed by atoms with van der Waals surface area (Å²) in [5.74, 6) is -1.32. The van der Waals surface area contributed by atoms with Gasteiger partial charge in [-0.15, -0.1) is 0 Å². The van der Waals surface area contributed by atoms with Crippen LogP contribution in [0.1, 0.15) is 25.3 Å². The lowest BCUT2D eigenvalue weighted by Crippen LogP contribution is -2.47. The maximum Gasteiger partial charge on any atom is 0.323 e. The van der Waals surface area contributed by atoms with Crippen LogP contribution < -0.4 is 5.32 Å². The Balaban J connectivity index is 1.71. The number of nitrogens with zero attached hydrogens (tertiary/aromatic N) is 1. The van der Waals surface area contributed by atoms with E-state index >= 15 is 0 Å². The lowest BCUT2D eigenvalue weighted by atomic mass is 9.84. The van der Waals surface area contributed by atoms with Crippen molar-refractivity contribution in [3.63, 3.8) is 0 Å². The Hall–Kier alpha value is -2.62. The average Bonchev–Trinajstić information content (AvgIpc) is 2.78. The van der Waals surface area contributed by atoms with Gasteiger partial charge >= 0.3 is 5.97 Å². The van der Waals surface area contributed by atoms with Crippen LogP contribution in [0, 0.1) is 16.0 Å². The number of nitrogens with one attached hydrogen (secondary N) is 1. The largest absolute Gasteiger partial charge is 0.465 e. The minimum absolute atomic E-state index is 0.0164. The molecule has 9 nitrogen and oxygen atoms in total. The van der Waals surface area contributed by atoms with Crippen LogP contribution in [0.2, 0.25) is 0 Å². The van der Waals surface area contributed by atoms with Crippen molar-refractivity contribution in [2.24, 2.45) is 5.92 Å². The van der Waals surface area contributed by atoms with E-state index in [9.17, 15) is 19.7 Å². The van der Waals surface area contributed by atoms with Crippen molar-refractivity contribution in [3.8, 4) is 0 Å². The molecule has 2 aliphatic rings. The number of benzene rings is 1. The fourth-order valence-electron chi connectivity index (χ4n) is 4.00. The van der Waals surface area contributed by atoms with Gasteiger partial charge in [0.2, 0.25) is 6.20 Å². The quantitative estimate of drug-likeness (QED) is 0.285. The second-order valence-electron chi connectivity index (χ2n) is 7.69. The molecule has 1 aromatic carbocycles. The van der Waals surface area contributed by atoms with Crippen molar-refractivity contribution >= 4 is 11.8 Å². The third-order valence-corrected chi connectivity index (χ3v) is 5.46. The maximum absolute atomic E-state index is 13.2. The second kappa shape index (κ2) is 11.1. The number of esters is 1. The standard InChI is InChI=1S/C22H28N2O7/c1-2-30-22(26)19-11-16(8-9-23-19)21(25)18(12-24(27)28)20-14-29-13-17(31-20)10-15-6-4-3-5-7-15/h3-7,12,16-17,19-20,23H,2,8-11,13-14H2,1H3/b18-12+. The van der Waals surface area contributed by atoms with Gasteiger partial charge in [0.25, 0.3) is 0 Å². The van der Waals surface area contributed by atoms with Gasteiger partial charge in [0.1, 0.15) is 12.1 Å². The number of ether oxygens (including phenoxy) is 3. The molecule has 0 aliphatic carbocycles. The zero-order valence-electron chi connectivity index (χ0n) is 17.5. The molecule has 1 aromatic rings. The van der Waals surface area contributed by atoms with Crippen molar-refractivity contribution in [1.29, 1.82) is 0 Å². The third-order valence-electron chi connectivity index (χ3n) is 5.46. The number of hydrogen-bond donors (Lipinski definition) is 1. The molecule has 0 aromatic heterocycles. The molecule has 1 N–H and O–H groups in total. The number of carbonyl (C=O) groups excluding carboxylic acids is 2. The summed E-state index contributed by atoms with van der Waals surface area (Å²) in [4.78, 5) is 35.9. The summed E-state index contributed by atoms with van der Waals surface area (Å²) in [6, 6.07) is 9.11. The van der Waals surface area contributed by atoms with Gasteiger partial charge in [-0.2, -0.15) is 0 Å². The summed E-state index contributed by atoms with van der Waals surface area (Å²) in [6.07, 6.45) is 0.872. The van der Waals surface area contributed by atoms with Gasteiger partial charge in [0, 0.05) is 12.3 Å². The zero-order chi connectivity index (χ0) is 22.2. The van der Waals surface area contributed by atoms with E-state index in [1.165, 1.54) is 0 Å². The number of rotatable bonds is 8. The molecule has 0 saturated carbocycles. The lowest BCUT2D eigenvalue weighted by molar-refractivity contribution is -0.404. The van der Waals surface area contributed by atoms with Crippen molar-refractivity contribution < 1.29 is 28.7 Å². The summed E-state index contributed by atoms with van der Waals surface area (Å²) >= 11 is 0. The van der Waals surface area contributed by atoms with E-state index < -0.39 is 29.0 Å². The van der Waals surface area contributed by atoms with Gasteiger partial charge in [-0.1, -0.05) is 30.3 Å². The molecule has 0 radical (unpaired) electrons. The molecule has 2 aliphatic heterocycles. The minimum Gasteiger partial charge on any atom is -0.465 e. The predicted molar refractivity (Wildman–Crippen MR) is 111 cm³/mol. The monoisotopic (exact) mass is 432 g/mol. The number of carbonyl (C=O) groups is 2. The molecular formula is C22H28N2O7. The van der Waals surface area contributed by atoms with E-state index in [-0.39, 0.29) is 37.1 Å². The fourth-order valence-corrected chi connectivity index (χ4v) is 4.00. The Morgan fingerprint density at radius 3 is 2.77 bits per heavy atom. The van der Waals surface area contributed by atoms with Crippen molar-refractivity contribution in [2.75, 3.05) is 26.4 Å². The van der Waals surface area contributed by atoms with E-state index in [1.54, 1.807) is 6.92 Å². The van der Waals surface area contributed by atoms with Crippen LogP contribution in [0.5, 0.6) is 0 Å². The van der Waals surface area contributed by atoms with Gasteiger partial charge in [0.05, 0.1) is 36.4 Å². The van der Waals surface area contributed by atoms with Crippen LogP contribution in [0.25, 0.3) is 0 Å². The summed E-state index contributed by atoms with van der Waals surface area (Å²) in [7, 11) is 0. The van der Waals surface area contributed by atoms with Gasteiger partial charge in [-0.05, 0) is 31.9 Å². The Kier molecular flexibility index (Phi) is 8.27. The van der Waals surface area contributed by atoms with Crippen molar-refractivity contribution in [3.05, 3.63) is 57.8 Å². The van der Waals surface area contributed by atoms with Gasteiger partial charge in [-0.25, -0.2) is 0 Å². The average molecular weight is 432 g/mol. The molecule has 168 valence electrons. The Labute approximate surface area is 180 Å². The normalized spacial score (nSPS) is 26.8. The molecule has 31 heavy (non-hydrogen) atoms. The molecule has 0 bridgehead atoms. The molecule has 2 saturated heterocycles. The van der Waals surface area contributed by atoms with Crippen LogP contribution >= 0.6 is 0 Å². The van der Waals surface area contributed by atoms with Crippen molar-refractivity contribution in [2.45, 2.75) is 44.4 Å². The van der Waals surface area contributed by atoms with Gasteiger partial charge < -0.3 is 19.5 Å². The van der Waals surface area contributed by atoms with Gasteiger partial charge in [-0.3, -0.25) is 19.7 Å². The summed E-state index contributed by atoms with van der Waals surface area (Å²) in [5, 5.41) is 14.3. The first-order valence-electron chi connectivity index (χ1n) is 10.5. The van der Waals surface area contributed by atoms with E-state index in [0.29, 0.717) is 26.0 Å². The van der Waals surface area contributed by atoms with E-state index in [4.69, 9.17) is 14.2 Å². The first kappa shape index (κ1) is 23.1. The highest BCUT2D eigenvalue weighted by molar-refractivity contribution is 5.98. The first-order chi connectivity index (χ1) is 15.0. The van der Waals surface area contributed by atoms with E-state index in [1.807, 2.05) is 30.3 Å². The predicted octanol–water partition coefficient (Wildman–Crippen LogP) is 1.67. The zero-order valence-corrected chi connectivity index (χ0v) is 17.5. The highest BCUT2D eigenvalue weighted by atomic mass is 16.6. The second-order valence-corrected chi connectivity index (χ2v) is 7.69. The number of piperidine rings is 1. The highest BCUT2D eigenvalue weighted by Crippen LogP contribution is 2.26. The molecular weight excluding hydrogens is 404 g/mol. The number of Topliss-reactive ketones (excluding diaryl/α,β-unsaturated/α-hetero) is 1. The third kappa shape index (κ3) is 6.43. The molecule has 4 atom stereocenters. The first-order valence-corrected chi connectivity index (χ1v) is 10.5. The molecule has 2 fully saturated rings. The molecule has 4 unspecified atom stereocenters. The van der Waals surface area contributed by atoms with Crippen LogP contribution in [0.15, 0.2) is 42.1 Å². The molecule has 2 heterocycles. The van der Waals surface area contributed by atoms with E-state index in [2.05, 4.69) is 5.32 Å². The van der Waals surface area contributed by atoms with Crippen LogP contribution in [-0.4, -0.2) is 61.3 Å². The molecule has 0 spiro atoms. The molecule has 0 amide bonds. The number of ketones is 1. The van der Waals surface area contributed by atoms with Crippen LogP contribution in [0.3, 0.4) is 0 Å². The Bertz CT molecular complexity index is 811. The molecule has 3 rings (SSSR count). The van der Waals surface area contributed by atoms with Crippen LogP contribution in [0.4, 0.5) is 0 Å². The Morgan fingerprint density at radius 2 is 2.06 bits per heavy atom. The van der Waals surface area contributed by atoms with Crippen molar-refractivity contribution in [1.82, 2.24) is 5.32 Å². The highest BCUT2D eigenvalue weighted by Gasteiger charge is 2.38. The fraction of sp³-hybridized carbons (Fsp3) is 0.545. The summed E-state index contributed by atoms with van der Waals surface area (Å²) in [5.41, 5.74) is 1.04. The Morgan fingerprint density at radius 1 is 1.29 bits per heavy atom. The molecule has 9 heteroatoms. The number of nitro groups is 1. The topological polar surface area (TPSA) is 117 Å². The number of hydrogen-bond acceptors (Lipinski definition) is 8. The summed E-state index contributed by atoms with van der Waals surface area (Å²) in [6.45, 7) is 2.84. The smallest absolute Gasteiger partial charge is 0.323 e. The summed E-state index contributed by atoms with van der Waals surface area (Å²) < 4.78 is 16.7. The lowest BCUT2D eigenvalue weighted by Gasteiger charge is -2.33. The maximum atomic E-state index is 13.2. The SMILES string of the molecule is CCOC(=O)C1CC(C(=O)/C(=C/[N+](=O)[O-])C2COCC(Cc3ccccc3)O2)CCN1.